The van der Waals surface area contributed by atoms with Gasteiger partial charge in [0.1, 0.15) is 5.75 Å². The van der Waals surface area contributed by atoms with Gasteiger partial charge in [0.25, 0.3) is 5.91 Å². The number of hydrogen-bond donors (Lipinski definition) is 0. The summed E-state index contributed by atoms with van der Waals surface area (Å²) in [7, 11) is -1.31. The molecular weight excluding hydrogens is 408 g/mol. The fourth-order valence-electron chi connectivity index (χ4n) is 2.39. The lowest BCUT2D eigenvalue weighted by atomic mass is 10.1. The van der Waals surface area contributed by atoms with Crippen LogP contribution in [0.1, 0.15) is 21.5 Å². The maximum atomic E-state index is 12.8. The van der Waals surface area contributed by atoms with Crippen molar-refractivity contribution in [2.75, 3.05) is 13.4 Å². The van der Waals surface area contributed by atoms with E-state index in [1.807, 2.05) is 24.3 Å². The molecule has 0 bridgehead atoms. The van der Waals surface area contributed by atoms with Crippen molar-refractivity contribution in [2.45, 2.75) is 4.90 Å². The number of amides is 1. The van der Waals surface area contributed by atoms with E-state index in [0.717, 1.165) is 11.3 Å². The molecule has 0 saturated carbocycles. The van der Waals surface area contributed by atoms with Crippen molar-refractivity contribution in [3.05, 3.63) is 88.7 Å². The van der Waals surface area contributed by atoms with Crippen molar-refractivity contribution in [1.29, 1.82) is 0 Å². The first kappa shape index (κ1) is 20.6. The van der Waals surface area contributed by atoms with Crippen LogP contribution in [0.25, 0.3) is 0 Å². The second-order valence-electron chi connectivity index (χ2n) is 6.09. The largest absolute Gasteiger partial charge is 0.497 e. The molecule has 0 aliphatic carbocycles. The van der Waals surface area contributed by atoms with E-state index in [4.69, 9.17) is 16.3 Å². The Bertz CT molecular complexity index is 1220. The molecule has 0 fully saturated rings. The highest BCUT2D eigenvalue weighted by Gasteiger charge is 2.12. The van der Waals surface area contributed by atoms with Gasteiger partial charge < -0.3 is 4.74 Å². The highest BCUT2D eigenvalue weighted by atomic mass is 35.5. The first-order valence-electron chi connectivity index (χ1n) is 8.50. The second kappa shape index (κ2) is 8.91. The quantitative estimate of drug-likeness (QED) is 0.583. The molecule has 5 nitrogen and oxygen atoms in total. The molecule has 1 aromatic heterocycles. The molecule has 0 saturated heterocycles. The normalized spacial score (nSPS) is 12.2. The minimum Gasteiger partial charge on any atom is -0.497 e. The Hall–Kier alpha value is -3.14. The second-order valence-corrected chi connectivity index (χ2v) is 8.79. The van der Waals surface area contributed by atoms with Crippen molar-refractivity contribution < 1.29 is 13.7 Å². The summed E-state index contributed by atoms with van der Waals surface area (Å²) in [5, 5.41) is 0.516. The topological polar surface area (TPSA) is 68.6 Å². The third-order valence-electron chi connectivity index (χ3n) is 3.93. The molecule has 0 aliphatic rings. The standard InChI is InChI=1S/C22H17ClN2O3S/c1-28-20-9-5-16(6-10-20)3-4-17-13-18(15-24-14-17)22(26)25-29(2,27)21-11-7-19(23)8-12-21/h5-15H,1-2H3. The van der Waals surface area contributed by atoms with Gasteiger partial charge in [-0.25, -0.2) is 4.21 Å². The maximum Gasteiger partial charge on any atom is 0.286 e. The van der Waals surface area contributed by atoms with E-state index in [9.17, 15) is 9.00 Å². The summed E-state index contributed by atoms with van der Waals surface area (Å²) in [4.78, 5) is 17.0. The van der Waals surface area contributed by atoms with Crippen molar-refractivity contribution in [3.63, 3.8) is 0 Å². The van der Waals surface area contributed by atoms with Crippen molar-refractivity contribution in [1.82, 2.24) is 4.98 Å². The Morgan fingerprint density at radius 1 is 1.03 bits per heavy atom. The molecule has 1 amide bonds. The number of nitrogens with zero attached hydrogens (tertiary/aromatic N) is 2. The van der Waals surface area contributed by atoms with E-state index < -0.39 is 15.6 Å². The van der Waals surface area contributed by atoms with E-state index in [-0.39, 0.29) is 5.56 Å². The molecule has 1 unspecified atom stereocenters. The number of hydrogen-bond acceptors (Lipinski definition) is 4. The monoisotopic (exact) mass is 424 g/mol. The maximum absolute atomic E-state index is 12.8. The molecule has 0 radical (unpaired) electrons. The smallest absolute Gasteiger partial charge is 0.286 e. The lowest BCUT2D eigenvalue weighted by molar-refractivity contribution is 0.100. The predicted molar refractivity (Wildman–Crippen MR) is 114 cm³/mol. The van der Waals surface area contributed by atoms with Gasteiger partial charge in [0, 0.05) is 39.7 Å². The number of ether oxygens (including phenoxy) is 1. The third kappa shape index (κ3) is 5.44. The lowest BCUT2D eigenvalue weighted by Crippen LogP contribution is -2.04. The number of methoxy groups -OCH3 is 1. The first-order valence-corrected chi connectivity index (χ1v) is 10.8. The number of rotatable bonds is 3. The van der Waals surface area contributed by atoms with Crippen LogP contribution in [0.5, 0.6) is 5.75 Å². The summed E-state index contributed by atoms with van der Waals surface area (Å²) in [6, 6.07) is 15.3. The number of benzene rings is 2. The lowest BCUT2D eigenvalue weighted by Gasteiger charge is -2.04. The number of aromatic nitrogens is 1. The van der Waals surface area contributed by atoms with Crippen LogP contribution in [0.4, 0.5) is 0 Å². The molecule has 3 aromatic rings. The average Bonchev–Trinajstić information content (AvgIpc) is 2.73. The summed E-state index contributed by atoms with van der Waals surface area (Å²) in [5.74, 6) is 6.09. The highest BCUT2D eigenvalue weighted by molar-refractivity contribution is 7.93. The van der Waals surface area contributed by atoms with Gasteiger partial charge in [-0.1, -0.05) is 23.4 Å². The van der Waals surface area contributed by atoms with Crippen LogP contribution in [-0.4, -0.2) is 28.5 Å². The summed E-state index contributed by atoms with van der Waals surface area (Å²) in [6.07, 6.45) is 4.34. The zero-order chi connectivity index (χ0) is 20.9. The molecule has 29 heavy (non-hydrogen) atoms. The van der Waals surface area contributed by atoms with Gasteiger partial charge in [-0.15, -0.1) is 0 Å². The summed E-state index contributed by atoms with van der Waals surface area (Å²) in [6.45, 7) is 0. The molecule has 2 aromatic carbocycles. The Morgan fingerprint density at radius 2 is 1.69 bits per heavy atom. The summed E-state index contributed by atoms with van der Waals surface area (Å²) >= 11 is 5.85. The molecular formula is C22H17ClN2O3S. The number of carbonyl (C=O) groups is 1. The van der Waals surface area contributed by atoms with E-state index >= 15 is 0 Å². The van der Waals surface area contributed by atoms with Gasteiger partial charge >= 0.3 is 0 Å². The summed E-state index contributed by atoms with van der Waals surface area (Å²) in [5.41, 5.74) is 1.57. The van der Waals surface area contributed by atoms with Gasteiger partial charge in [0.05, 0.1) is 22.4 Å². The van der Waals surface area contributed by atoms with Gasteiger partial charge in [-0.3, -0.25) is 9.78 Å². The van der Waals surface area contributed by atoms with Gasteiger partial charge in [-0.2, -0.15) is 4.36 Å². The number of carbonyl (C=O) groups excluding carboxylic acids is 1. The Kier molecular flexibility index (Phi) is 6.32. The first-order chi connectivity index (χ1) is 13.9. The highest BCUT2D eigenvalue weighted by Crippen LogP contribution is 2.17. The molecule has 0 spiro atoms. The zero-order valence-electron chi connectivity index (χ0n) is 15.8. The fraction of sp³-hybridized carbons (Fsp3) is 0.0909. The molecule has 1 atom stereocenters. The Labute approximate surface area is 174 Å². The SMILES string of the molecule is COc1ccc(C#Cc2cncc(C(=O)N=S(C)(=O)c3ccc(Cl)cc3)c2)cc1. The Morgan fingerprint density at radius 3 is 2.34 bits per heavy atom. The third-order valence-corrected chi connectivity index (χ3v) is 5.85. The minimum atomic E-state index is -2.91. The molecule has 7 heteroatoms. The molecule has 0 N–H and O–H groups in total. The number of pyridine rings is 1. The Balaban J connectivity index is 1.85. The van der Waals surface area contributed by atoms with E-state index in [1.54, 1.807) is 43.6 Å². The zero-order valence-corrected chi connectivity index (χ0v) is 17.3. The van der Waals surface area contributed by atoms with Gasteiger partial charge in [0.2, 0.25) is 0 Å². The van der Waals surface area contributed by atoms with Crippen LogP contribution in [0.15, 0.2) is 76.2 Å². The van der Waals surface area contributed by atoms with Crippen LogP contribution in [0.3, 0.4) is 0 Å². The average molecular weight is 425 g/mol. The van der Waals surface area contributed by atoms with E-state index in [2.05, 4.69) is 21.2 Å². The molecule has 1 heterocycles. The van der Waals surface area contributed by atoms with Crippen molar-refractivity contribution in [3.8, 4) is 17.6 Å². The van der Waals surface area contributed by atoms with E-state index in [1.165, 1.54) is 12.5 Å². The van der Waals surface area contributed by atoms with Crippen LogP contribution in [-0.2, 0) is 9.73 Å². The van der Waals surface area contributed by atoms with Crippen LogP contribution in [0, 0.1) is 11.8 Å². The van der Waals surface area contributed by atoms with Crippen molar-refractivity contribution >= 4 is 27.2 Å². The molecule has 0 aliphatic heterocycles. The molecule has 146 valence electrons. The number of halogens is 1. The molecule has 3 rings (SSSR count). The van der Waals surface area contributed by atoms with Crippen LogP contribution in [0.2, 0.25) is 5.02 Å². The minimum absolute atomic E-state index is 0.218. The van der Waals surface area contributed by atoms with Gasteiger partial charge in [0.15, 0.2) is 0 Å². The van der Waals surface area contributed by atoms with Crippen LogP contribution >= 0.6 is 11.6 Å². The van der Waals surface area contributed by atoms with Crippen LogP contribution < -0.4 is 4.74 Å². The summed E-state index contributed by atoms with van der Waals surface area (Å²) < 4.78 is 21.9. The van der Waals surface area contributed by atoms with E-state index in [0.29, 0.717) is 15.5 Å². The fourth-order valence-corrected chi connectivity index (χ4v) is 3.69. The van der Waals surface area contributed by atoms with Crippen molar-refractivity contribution in [2.24, 2.45) is 4.36 Å². The van der Waals surface area contributed by atoms with Gasteiger partial charge in [-0.05, 0) is 54.6 Å². The predicted octanol–water partition coefficient (Wildman–Crippen LogP) is 4.44.